The molecule has 2 N–H and O–H groups in total. The van der Waals surface area contributed by atoms with Gasteiger partial charge < -0.3 is 20.1 Å². The largest absolute Gasteiger partial charge is 0.459 e. The molecule has 8 heteroatoms. The van der Waals surface area contributed by atoms with Crippen molar-refractivity contribution in [2.75, 3.05) is 13.2 Å². The van der Waals surface area contributed by atoms with Crippen molar-refractivity contribution < 1.29 is 28.7 Å². The number of hydrogen-bond donors (Lipinski definition) is 2. The van der Waals surface area contributed by atoms with Gasteiger partial charge in [0.1, 0.15) is 0 Å². The number of carbonyl (C=O) groups is 4. The Balaban J connectivity index is 2.52. The Morgan fingerprint density at radius 3 is 1.62 bits per heavy atom. The highest BCUT2D eigenvalue weighted by atomic mass is 16.5. The van der Waals surface area contributed by atoms with Crippen molar-refractivity contribution in [2.45, 2.75) is 26.9 Å². The molecule has 0 aliphatic heterocycles. The first-order valence-electron chi connectivity index (χ1n) is 7.45. The van der Waals surface area contributed by atoms with E-state index in [0.717, 1.165) is 11.1 Å². The number of esters is 2. The zero-order chi connectivity index (χ0) is 17.9. The maximum atomic E-state index is 11.4. The lowest BCUT2D eigenvalue weighted by Crippen LogP contribution is -2.32. The lowest BCUT2D eigenvalue weighted by molar-refractivity contribution is -0.154. The van der Waals surface area contributed by atoms with Crippen molar-refractivity contribution in [3.63, 3.8) is 0 Å². The molecular formula is C16H20N2O6. The summed E-state index contributed by atoms with van der Waals surface area (Å²) in [5.74, 6) is -3.51. The third-order valence-corrected chi connectivity index (χ3v) is 2.82. The third kappa shape index (κ3) is 6.47. The Morgan fingerprint density at radius 2 is 1.25 bits per heavy atom. The van der Waals surface area contributed by atoms with Crippen LogP contribution in [0.1, 0.15) is 25.0 Å². The topological polar surface area (TPSA) is 111 Å². The number of hydrogen-bond acceptors (Lipinski definition) is 6. The van der Waals surface area contributed by atoms with Crippen LogP contribution in [0.25, 0.3) is 0 Å². The standard InChI is InChI=1S/C16H20N2O6/c1-3-23-15(21)13(19)17-9-11-6-5-7-12(8-11)10-18-14(20)16(22)24-4-2/h5-8H,3-4,9-10H2,1-2H3,(H,17,19)(H,18,20). The molecule has 0 atom stereocenters. The molecule has 0 unspecified atom stereocenters. The summed E-state index contributed by atoms with van der Waals surface area (Å²) in [7, 11) is 0. The first-order valence-corrected chi connectivity index (χ1v) is 7.45. The van der Waals surface area contributed by atoms with Crippen molar-refractivity contribution in [3.8, 4) is 0 Å². The van der Waals surface area contributed by atoms with E-state index in [-0.39, 0.29) is 26.3 Å². The molecule has 8 nitrogen and oxygen atoms in total. The smallest absolute Gasteiger partial charge is 0.396 e. The Labute approximate surface area is 139 Å². The summed E-state index contributed by atoms with van der Waals surface area (Å²) < 4.78 is 9.16. The van der Waals surface area contributed by atoms with E-state index in [4.69, 9.17) is 0 Å². The van der Waals surface area contributed by atoms with Crippen LogP contribution < -0.4 is 10.6 Å². The molecule has 0 aromatic heterocycles. The first kappa shape index (κ1) is 19.1. The van der Waals surface area contributed by atoms with Crippen molar-refractivity contribution in [1.29, 1.82) is 0 Å². The van der Waals surface area contributed by atoms with Gasteiger partial charge in [0.15, 0.2) is 0 Å². The molecule has 0 aliphatic rings. The first-order chi connectivity index (χ1) is 11.5. The van der Waals surface area contributed by atoms with Gasteiger partial charge >= 0.3 is 23.8 Å². The number of nitrogens with one attached hydrogen (secondary N) is 2. The van der Waals surface area contributed by atoms with Crippen LogP contribution in [0.15, 0.2) is 24.3 Å². The molecule has 0 spiro atoms. The van der Waals surface area contributed by atoms with Crippen LogP contribution in [0.4, 0.5) is 0 Å². The van der Waals surface area contributed by atoms with Gasteiger partial charge in [0, 0.05) is 13.1 Å². The quantitative estimate of drug-likeness (QED) is 0.561. The van der Waals surface area contributed by atoms with Crippen LogP contribution in [0.3, 0.4) is 0 Å². The summed E-state index contributed by atoms with van der Waals surface area (Å²) in [6.45, 7) is 3.75. The Hall–Kier alpha value is -2.90. The predicted octanol–water partition coefficient (Wildman–Crippen LogP) is 0.0452. The SMILES string of the molecule is CCOC(=O)C(=O)NCc1cccc(CNC(=O)C(=O)OCC)c1. The summed E-state index contributed by atoms with van der Waals surface area (Å²) in [4.78, 5) is 45.3. The molecule has 0 radical (unpaired) electrons. The van der Waals surface area contributed by atoms with Crippen LogP contribution in [0.5, 0.6) is 0 Å². The monoisotopic (exact) mass is 336 g/mol. The van der Waals surface area contributed by atoms with Crippen molar-refractivity contribution in [3.05, 3.63) is 35.4 Å². The molecule has 1 aromatic rings. The summed E-state index contributed by atoms with van der Waals surface area (Å²) in [6, 6.07) is 6.97. The van der Waals surface area contributed by atoms with Gasteiger partial charge in [-0.3, -0.25) is 9.59 Å². The molecule has 0 fully saturated rings. The Kier molecular flexibility index (Phi) is 7.97. The lowest BCUT2D eigenvalue weighted by atomic mass is 10.1. The van der Waals surface area contributed by atoms with Crippen LogP contribution in [0.2, 0.25) is 0 Å². The Morgan fingerprint density at radius 1 is 0.833 bits per heavy atom. The molecule has 0 saturated carbocycles. The minimum atomic E-state index is -0.935. The van der Waals surface area contributed by atoms with Crippen molar-refractivity contribution in [2.24, 2.45) is 0 Å². The maximum absolute atomic E-state index is 11.4. The summed E-state index contributed by atoms with van der Waals surface area (Å²) in [5, 5.41) is 4.87. The molecule has 0 aliphatic carbocycles. The van der Waals surface area contributed by atoms with Gasteiger partial charge in [-0.05, 0) is 25.0 Å². The highest BCUT2D eigenvalue weighted by molar-refractivity contribution is 6.32. The van der Waals surface area contributed by atoms with Gasteiger partial charge in [-0.2, -0.15) is 0 Å². The van der Waals surface area contributed by atoms with E-state index in [2.05, 4.69) is 20.1 Å². The van der Waals surface area contributed by atoms with Crippen LogP contribution in [-0.4, -0.2) is 37.0 Å². The average Bonchev–Trinajstić information content (AvgIpc) is 2.58. The van der Waals surface area contributed by atoms with E-state index in [9.17, 15) is 19.2 Å². The molecule has 1 rings (SSSR count). The predicted molar refractivity (Wildman–Crippen MR) is 83.4 cm³/mol. The number of ether oxygens (including phenoxy) is 2. The third-order valence-electron chi connectivity index (χ3n) is 2.82. The van der Waals surface area contributed by atoms with Gasteiger partial charge in [0.05, 0.1) is 13.2 Å². The summed E-state index contributed by atoms with van der Waals surface area (Å²) in [5.41, 5.74) is 1.46. The second-order valence-electron chi connectivity index (χ2n) is 4.63. The van der Waals surface area contributed by atoms with Gasteiger partial charge in [0.25, 0.3) is 0 Å². The number of rotatable bonds is 6. The highest BCUT2D eigenvalue weighted by Crippen LogP contribution is 2.05. The van der Waals surface area contributed by atoms with E-state index < -0.39 is 23.8 Å². The summed E-state index contributed by atoms with van der Waals surface area (Å²) in [6.07, 6.45) is 0. The van der Waals surface area contributed by atoms with E-state index in [1.54, 1.807) is 38.1 Å². The van der Waals surface area contributed by atoms with Crippen molar-refractivity contribution >= 4 is 23.8 Å². The number of amides is 2. The van der Waals surface area contributed by atoms with Crippen LogP contribution >= 0.6 is 0 Å². The fourth-order valence-electron chi connectivity index (χ4n) is 1.75. The maximum Gasteiger partial charge on any atom is 0.396 e. The van der Waals surface area contributed by atoms with E-state index in [0.29, 0.717) is 0 Å². The summed E-state index contributed by atoms with van der Waals surface area (Å²) >= 11 is 0. The molecule has 1 aromatic carbocycles. The van der Waals surface area contributed by atoms with E-state index >= 15 is 0 Å². The van der Waals surface area contributed by atoms with Gasteiger partial charge in [0.2, 0.25) is 0 Å². The van der Waals surface area contributed by atoms with Gasteiger partial charge in [-0.25, -0.2) is 9.59 Å². The molecule has 0 bridgehead atoms. The second kappa shape index (κ2) is 9.98. The van der Waals surface area contributed by atoms with Gasteiger partial charge in [-0.15, -0.1) is 0 Å². The fourth-order valence-corrected chi connectivity index (χ4v) is 1.75. The fraction of sp³-hybridized carbons (Fsp3) is 0.375. The zero-order valence-corrected chi connectivity index (χ0v) is 13.6. The molecule has 24 heavy (non-hydrogen) atoms. The molecule has 2 amide bonds. The molecule has 130 valence electrons. The minimum absolute atomic E-state index is 0.127. The lowest BCUT2D eigenvalue weighted by Gasteiger charge is -2.08. The van der Waals surface area contributed by atoms with E-state index in [1.165, 1.54) is 0 Å². The van der Waals surface area contributed by atoms with Gasteiger partial charge in [-0.1, -0.05) is 24.3 Å². The average molecular weight is 336 g/mol. The molecular weight excluding hydrogens is 316 g/mol. The minimum Gasteiger partial charge on any atom is -0.459 e. The highest BCUT2D eigenvalue weighted by Gasteiger charge is 2.15. The number of benzene rings is 1. The number of carbonyl (C=O) groups excluding carboxylic acids is 4. The zero-order valence-electron chi connectivity index (χ0n) is 13.6. The second-order valence-corrected chi connectivity index (χ2v) is 4.63. The van der Waals surface area contributed by atoms with Crippen molar-refractivity contribution in [1.82, 2.24) is 10.6 Å². The van der Waals surface area contributed by atoms with Crippen LogP contribution in [-0.2, 0) is 41.7 Å². The molecule has 0 heterocycles. The normalized spacial score (nSPS) is 9.75. The van der Waals surface area contributed by atoms with E-state index in [1.807, 2.05) is 0 Å². The Bertz CT molecular complexity index is 565. The van der Waals surface area contributed by atoms with Crippen LogP contribution in [0, 0.1) is 0 Å². The molecule has 0 saturated heterocycles.